The molecule has 0 spiro atoms. The third kappa shape index (κ3) is 2.74. The number of likely N-dealkylation sites (tertiary alicyclic amines) is 1. The first-order chi connectivity index (χ1) is 7.81. The molecule has 0 aromatic heterocycles. The molecular formula is C12H23N3O. The van der Waals surface area contributed by atoms with Crippen LogP contribution >= 0.6 is 0 Å². The fourth-order valence-corrected chi connectivity index (χ4v) is 2.65. The van der Waals surface area contributed by atoms with E-state index in [1.807, 2.05) is 0 Å². The Morgan fingerprint density at radius 2 is 2.31 bits per heavy atom. The smallest absolute Gasteiger partial charge is 0.241 e. The van der Waals surface area contributed by atoms with E-state index in [2.05, 4.69) is 22.5 Å². The summed E-state index contributed by atoms with van der Waals surface area (Å²) in [6.07, 6.45) is 3.65. The number of carbonyl (C=O) groups is 1. The van der Waals surface area contributed by atoms with Crippen LogP contribution in [-0.2, 0) is 4.79 Å². The van der Waals surface area contributed by atoms with Crippen molar-refractivity contribution in [3.8, 4) is 0 Å². The fraction of sp³-hybridized carbons (Fsp3) is 0.917. The lowest BCUT2D eigenvalue weighted by molar-refractivity contribution is -0.135. The first-order valence-corrected chi connectivity index (χ1v) is 6.54. The summed E-state index contributed by atoms with van der Waals surface area (Å²) in [6.45, 7) is 6.80. The van der Waals surface area contributed by atoms with E-state index < -0.39 is 0 Å². The Hall–Kier alpha value is -0.610. The molecule has 0 bridgehead atoms. The SMILES string of the molecule is CC[C@H]1CCCN(C(=O)[C@H]2CNCCN2)C1. The predicted octanol–water partition coefficient (Wildman–Crippen LogP) is 0.196. The van der Waals surface area contributed by atoms with Crippen molar-refractivity contribution in [3.05, 3.63) is 0 Å². The van der Waals surface area contributed by atoms with Crippen LogP contribution in [0.5, 0.6) is 0 Å². The number of amides is 1. The molecule has 2 fully saturated rings. The number of piperidine rings is 1. The molecule has 0 unspecified atom stereocenters. The molecule has 4 nitrogen and oxygen atoms in total. The van der Waals surface area contributed by atoms with Crippen molar-refractivity contribution < 1.29 is 4.79 Å². The molecule has 4 heteroatoms. The molecule has 2 rings (SSSR count). The second kappa shape index (κ2) is 5.64. The van der Waals surface area contributed by atoms with E-state index in [9.17, 15) is 4.79 Å². The lowest BCUT2D eigenvalue weighted by Crippen LogP contribution is -2.57. The van der Waals surface area contributed by atoms with Gasteiger partial charge in [0.2, 0.25) is 5.91 Å². The van der Waals surface area contributed by atoms with E-state index in [1.54, 1.807) is 0 Å². The van der Waals surface area contributed by atoms with E-state index in [1.165, 1.54) is 19.3 Å². The highest BCUT2D eigenvalue weighted by molar-refractivity contribution is 5.82. The molecule has 2 N–H and O–H groups in total. The molecule has 1 amide bonds. The molecule has 2 atom stereocenters. The maximum Gasteiger partial charge on any atom is 0.241 e. The Morgan fingerprint density at radius 1 is 1.44 bits per heavy atom. The summed E-state index contributed by atoms with van der Waals surface area (Å²) in [5.41, 5.74) is 0. The summed E-state index contributed by atoms with van der Waals surface area (Å²) < 4.78 is 0. The average molecular weight is 225 g/mol. The third-order valence-corrected chi connectivity index (χ3v) is 3.75. The standard InChI is InChI=1S/C12H23N3O/c1-2-10-4-3-7-15(9-10)12(16)11-8-13-5-6-14-11/h10-11,13-14H,2-9H2,1H3/t10-,11+/m0/s1. The van der Waals surface area contributed by atoms with Gasteiger partial charge in [-0.2, -0.15) is 0 Å². The molecule has 16 heavy (non-hydrogen) atoms. The number of hydrogen-bond donors (Lipinski definition) is 2. The van der Waals surface area contributed by atoms with Crippen LogP contribution in [-0.4, -0.2) is 49.6 Å². The van der Waals surface area contributed by atoms with Crippen molar-refractivity contribution in [2.75, 3.05) is 32.7 Å². The van der Waals surface area contributed by atoms with Crippen molar-refractivity contribution in [1.82, 2.24) is 15.5 Å². The summed E-state index contributed by atoms with van der Waals surface area (Å²) in [4.78, 5) is 14.3. The zero-order valence-corrected chi connectivity index (χ0v) is 10.2. The first kappa shape index (κ1) is 11.9. The predicted molar refractivity (Wildman–Crippen MR) is 64.3 cm³/mol. The summed E-state index contributed by atoms with van der Waals surface area (Å²) >= 11 is 0. The van der Waals surface area contributed by atoms with Gasteiger partial charge >= 0.3 is 0 Å². The molecular weight excluding hydrogens is 202 g/mol. The van der Waals surface area contributed by atoms with Gasteiger partial charge in [-0.25, -0.2) is 0 Å². The summed E-state index contributed by atoms with van der Waals surface area (Å²) in [6, 6.07) is 0.00403. The minimum atomic E-state index is 0.00403. The Morgan fingerprint density at radius 3 is 3.00 bits per heavy atom. The molecule has 0 saturated carbocycles. The second-order valence-electron chi connectivity index (χ2n) is 4.91. The zero-order chi connectivity index (χ0) is 11.4. The van der Waals surface area contributed by atoms with Crippen molar-refractivity contribution in [1.29, 1.82) is 0 Å². The quantitative estimate of drug-likeness (QED) is 0.705. The van der Waals surface area contributed by atoms with Gasteiger partial charge in [-0.3, -0.25) is 4.79 Å². The summed E-state index contributed by atoms with van der Waals surface area (Å²) in [5, 5.41) is 6.57. The lowest BCUT2D eigenvalue weighted by Gasteiger charge is -2.36. The highest BCUT2D eigenvalue weighted by Crippen LogP contribution is 2.19. The van der Waals surface area contributed by atoms with Gasteiger partial charge in [0.15, 0.2) is 0 Å². The maximum atomic E-state index is 12.2. The van der Waals surface area contributed by atoms with E-state index in [0.29, 0.717) is 11.8 Å². The Kier molecular flexibility index (Phi) is 4.18. The van der Waals surface area contributed by atoms with Crippen molar-refractivity contribution in [2.45, 2.75) is 32.2 Å². The number of nitrogens with one attached hydrogen (secondary N) is 2. The zero-order valence-electron chi connectivity index (χ0n) is 10.2. The van der Waals surface area contributed by atoms with Crippen molar-refractivity contribution in [2.24, 2.45) is 5.92 Å². The highest BCUT2D eigenvalue weighted by atomic mass is 16.2. The Balaban J connectivity index is 1.87. The number of nitrogens with zero attached hydrogens (tertiary/aromatic N) is 1. The van der Waals surface area contributed by atoms with E-state index in [0.717, 1.165) is 32.7 Å². The lowest BCUT2D eigenvalue weighted by atomic mass is 9.95. The van der Waals surface area contributed by atoms with Gasteiger partial charge in [0.1, 0.15) is 0 Å². The molecule has 0 aromatic rings. The van der Waals surface area contributed by atoms with E-state index in [4.69, 9.17) is 0 Å². The minimum absolute atomic E-state index is 0.00403. The van der Waals surface area contributed by atoms with Crippen molar-refractivity contribution in [3.63, 3.8) is 0 Å². The Bertz CT molecular complexity index is 238. The summed E-state index contributed by atoms with van der Waals surface area (Å²) in [7, 11) is 0. The maximum absolute atomic E-state index is 12.2. The van der Waals surface area contributed by atoms with Crippen LogP contribution in [0.25, 0.3) is 0 Å². The van der Waals surface area contributed by atoms with Gasteiger partial charge < -0.3 is 15.5 Å². The normalized spacial score (nSPS) is 31.4. The van der Waals surface area contributed by atoms with Gasteiger partial charge in [-0.15, -0.1) is 0 Å². The Labute approximate surface area is 97.8 Å². The molecule has 0 radical (unpaired) electrons. The molecule has 0 aromatic carbocycles. The molecule has 2 aliphatic heterocycles. The number of piperazine rings is 1. The van der Waals surface area contributed by atoms with Crippen LogP contribution in [0.2, 0.25) is 0 Å². The summed E-state index contributed by atoms with van der Waals surface area (Å²) in [5.74, 6) is 1.01. The van der Waals surface area contributed by atoms with Gasteiger partial charge in [0, 0.05) is 32.7 Å². The van der Waals surface area contributed by atoms with Crippen LogP contribution in [0.3, 0.4) is 0 Å². The number of rotatable bonds is 2. The monoisotopic (exact) mass is 225 g/mol. The van der Waals surface area contributed by atoms with Crippen LogP contribution in [0.4, 0.5) is 0 Å². The van der Waals surface area contributed by atoms with E-state index in [-0.39, 0.29) is 6.04 Å². The largest absolute Gasteiger partial charge is 0.341 e. The van der Waals surface area contributed by atoms with Gasteiger partial charge in [-0.1, -0.05) is 13.3 Å². The highest BCUT2D eigenvalue weighted by Gasteiger charge is 2.28. The molecule has 2 aliphatic rings. The van der Waals surface area contributed by atoms with Crippen LogP contribution in [0, 0.1) is 5.92 Å². The number of carbonyl (C=O) groups excluding carboxylic acids is 1. The van der Waals surface area contributed by atoms with Crippen LogP contribution < -0.4 is 10.6 Å². The number of hydrogen-bond acceptors (Lipinski definition) is 3. The minimum Gasteiger partial charge on any atom is -0.341 e. The molecule has 2 saturated heterocycles. The molecule has 92 valence electrons. The molecule has 0 aliphatic carbocycles. The van der Waals surface area contributed by atoms with Gasteiger partial charge in [-0.05, 0) is 18.8 Å². The first-order valence-electron chi connectivity index (χ1n) is 6.54. The van der Waals surface area contributed by atoms with Crippen LogP contribution in [0.15, 0.2) is 0 Å². The van der Waals surface area contributed by atoms with E-state index >= 15 is 0 Å². The third-order valence-electron chi connectivity index (χ3n) is 3.75. The van der Waals surface area contributed by atoms with Crippen LogP contribution in [0.1, 0.15) is 26.2 Å². The van der Waals surface area contributed by atoms with Gasteiger partial charge in [0.25, 0.3) is 0 Å². The second-order valence-corrected chi connectivity index (χ2v) is 4.91. The topological polar surface area (TPSA) is 44.4 Å². The average Bonchev–Trinajstić information content (AvgIpc) is 2.39. The van der Waals surface area contributed by atoms with Gasteiger partial charge in [0.05, 0.1) is 6.04 Å². The molecule has 2 heterocycles. The fourth-order valence-electron chi connectivity index (χ4n) is 2.65. The van der Waals surface area contributed by atoms with Crippen molar-refractivity contribution >= 4 is 5.91 Å².